The maximum absolute atomic E-state index is 13.0. The maximum atomic E-state index is 13.0. The average Bonchev–Trinajstić information content (AvgIpc) is 3.06. The second kappa shape index (κ2) is 9.87. The van der Waals surface area contributed by atoms with Crippen LogP contribution in [0.2, 0.25) is 0 Å². The Hall–Kier alpha value is -1.11. The standard InChI is InChI=1S/C27H41F3O3/c1-17(7-5-14-26(4,33)27(28,29)30)22-11-12-23-19(8-6-13-25(22,23)3)9-10-20-15-21(31)16-24(32)18(20)2/h9-10,17,21-24,31-33H,2,5-8,11-16H2,1,3-4H3/b19-9+,20-10+/t17-,21-,22-,23+,24+,25-,26-/m1/s1. The van der Waals surface area contributed by atoms with Crippen molar-refractivity contribution >= 4 is 0 Å². The van der Waals surface area contributed by atoms with Crippen LogP contribution in [0.5, 0.6) is 0 Å². The number of aliphatic hydroxyl groups excluding tert-OH is 2. The second-order valence-electron chi connectivity index (χ2n) is 11.3. The zero-order valence-corrected chi connectivity index (χ0v) is 20.3. The van der Waals surface area contributed by atoms with Crippen LogP contribution in [0.3, 0.4) is 0 Å². The molecule has 3 rings (SSSR count). The van der Waals surface area contributed by atoms with Gasteiger partial charge in [-0.1, -0.05) is 44.6 Å². The van der Waals surface area contributed by atoms with Gasteiger partial charge in [-0.15, -0.1) is 0 Å². The molecule has 0 aliphatic heterocycles. The first-order valence-corrected chi connectivity index (χ1v) is 12.5. The molecule has 0 amide bonds. The highest BCUT2D eigenvalue weighted by molar-refractivity contribution is 5.38. The van der Waals surface area contributed by atoms with Crippen molar-refractivity contribution in [2.45, 2.75) is 109 Å². The smallest absolute Gasteiger partial charge is 0.393 e. The zero-order chi connectivity index (χ0) is 24.6. The van der Waals surface area contributed by atoms with Crippen LogP contribution in [-0.2, 0) is 0 Å². The minimum absolute atomic E-state index is 0.136. The summed E-state index contributed by atoms with van der Waals surface area (Å²) >= 11 is 0. The van der Waals surface area contributed by atoms with E-state index in [9.17, 15) is 28.5 Å². The van der Waals surface area contributed by atoms with Crippen molar-refractivity contribution in [2.24, 2.45) is 23.2 Å². The van der Waals surface area contributed by atoms with Crippen molar-refractivity contribution in [3.63, 3.8) is 0 Å². The van der Waals surface area contributed by atoms with E-state index in [0.29, 0.717) is 49.0 Å². The van der Waals surface area contributed by atoms with Crippen molar-refractivity contribution in [1.29, 1.82) is 0 Å². The molecular weight excluding hydrogens is 429 g/mol. The van der Waals surface area contributed by atoms with Gasteiger partial charge in [0.2, 0.25) is 0 Å². The number of allylic oxidation sites excluding steroid dienone is 3. The second-order valence-corrected chi connectivity index (χ2v) is 11.3. The molecule has 0 bridgehead atoms. The molecule has 3 aliphatic rings. The normalized spacial score (nSPS) is 38.4. The van der Waals surface area contributed by atoms with E-state index < -0.39 is 24.0 Å². The zero-order valence-electron chi connectivity index (χ0n) is 20.3. The molecular formula is C27H41F3O3. The van der Waals surface area contributed by atoms with Crippen LogP contribution in [-0.4, -0.2) is 39.3 Å². The van der Waals surface area contributed by atoms with Gasteiger partial charge in [0.1, 0.15) is 0 Å². The van der Waals surface area contributed by atoms with E-state index in [1.165, 1.54) is 5.57 Å². The van der Waals surface area contributed by atoms with Crippen LogP contribution >= 0.6 is 0 Å². The third-order valence-electron chi connectivity index (χ3n) is 8.92. The van der Waals surface area contributed by atoms with Gasteiger partial charge in [-0.3, -0.25) is 0 Å². The molecule has 3 N–H and O–H groups in total. The van der Waals surface area contributed by atoms with Crippen molar-refractivity contribution < 1.29 is 28.5 Å². The van der Waals surface area contributed by atoms with E-state index in [0.717, 1.165) is 44.6 Å². The molecule has 188 valence electrons. The highest BCUT2D eigenvalue weighted by Gasteiger charge is 2.51. The molecule has 0 spiro atoms. The first-order chi connectivity index (χ1) is 15.3. The average molecular weight is 471 g/mol. The Labute approximate surface area is 196 Å². The van der Waals surface area contributed by atoms with Gasteiger partial charge in [0.05, 0.1) is 12.2 Å². The van der Waals surface area contributed by atoms with Crippen LogP contribution in [0.15, 0.2) is 35.5 Å². The van der Waals surface area contributed by atoms with E-state index in [1.807, 2.05) is 6.08 Å². The Morgan fingerprint density at radius 1 is 1.21 bits per heavy atom. The molecule has 0 radical (unpaired) electrons. The third kappa shape index (κ3) is 5.59. The summed E-state index contributed by atoms with van der Waals surface area (Å²) in [6, 6.07) is 0. The van der Waals surface area contributed by atoms with Gasteiger partial charge >= 0.3 is 6.18 Å². The van der Waals surface area contributed by atoms with E-state index in [4.69, 9.17) is 0 Å². The fourth-order valence-corrected chi connectivity index (χ4v) is 6.79. The van der Waals surface area contributed by atoms with Crippen LogP contribution in [0.25, 0.3) is 0 Å². The SMILES string of the molecule is C=C1/C(=C/C=C2\CCC[C@]3(C)[C@@H]([C@H](C)CCC[C@@](C)(O)C(F)(F)F)CC[C@@H]23)C[C@@H](O)C[C@@H]1O. The molecule has 3 nitrogen and oxygen atoms in total. The predicted molar refractivity (Wildman–Crippen MR) is 124 cm³/mol. The molecule has 0 aromatic rings. The monoisotopic (exact) mass is 470 g/mol. The minimum atomic E-state index is -4.59. The molecule has 0 aromatic heterocycles. The summed E-state index contributed by atoms with van der Waals surface area (Å²) in [5, 5.41) is 29.9. The number of hydrogen-bond donors (Lipinski definition) is 3. The minimum Gasteiger partial charge on any atom is -0.393 e. The van der Waals surface area contributed by atoms with E-state index in [1.54, 1.807) is 0 Å². The molecule has 0 heterocycles. The molecule has 3 fully saturated rings. The van der Waals surface area contributed by atoms with Gasteiger partial charge in [0.25, 0.3) is 0 Å². The van der Waals surface area contributed by atoms with E-state index in [2.05, 4.69) is 26.5 Å². The molecule has 0 unspecified atom stereocenters. The largest absolute Gasteiger partial charge is 0.416 e. The number of hydrogen-bond acceptors (Lipinski definition) is 3. The predicted octanol–water partition coefficient (Wildman–Crippen LogP) is 6.25. The highest BCUT2D eigenvalue weighted by Crippen LogP contribution is 2.60. The molecule has 0 aromatic carbocycles. The van der Waals surface area contributed by atoms with Gasteiger partial charge in [-0.2, -0.15) is 13.2 Å². The van der Waals surface area contributed by atoms with Crippen LogP contribution in [0, 0.1) is 23.2 Å². The lowest BCUT2D eigenvalue weighted by atomic mass is 9.60. The molecule has 0 saturated heterocycles. The Bertz CT molecular complexity index is 782. The highest BCUT2D eigenvalue weighted by atomic mass is 19.4. The molecule has 3 aliphatic carbocycles. The van der Waals surface area contributed by atoms with Gasteiger partial charge in [0.15, 0.2) is 5.60 Å². The van der Waals surface area contributed by atoms with Crippen molar-refractivity contribution in [3.05, 3.63) is 35.5 Å². The van der Waals surface area contributed by atoms with Crippen LogP contribution in [0.1, 0.15) is 85.0 Å². The fraction of sp³-hybridized carbons (Fsp3) is 0.778. The van der Waals surface area contributed by atoms with Gasteiger partial charge in [-0.05, 0) is 92.6 Å². The van der Waals surface area contributed by atoms with Crippen molar-refractivity contribution in [1.82, 2.24) is 0 Å². The Morgan fingerprint density at radius 3 is 2.58 bits per heavy atom. The summed E-state index contributed by atoms with van der Waals surface area (Å²) in [4.78, 5) is 0. The topological polar surface area (TPSA) is 60.7 Å². The molecule has 3 saturated carbocycles. The number of aliphatic hydroxyl groups is 3. The van der Waals surface area contributed by atoms with Gasteiger partial charge < -0.3 is 15.3 Å². The van der Waals surface area contributed by atoms with Gasteiger partial charge in [0, 0.05) is 6.42 Å². The lowest BCUT2D eigenvalue weighted by Crippen LogP contribution is -2.42. The van der Waals surface area contributed by atoms with E-state index in [-0.39, 0.29) is 11.8 Å². The summed E-state index contributed by atoms with van der Waals surface area (Å²) in [5.41, 5.74) is 0.544. The molecule has 7 atom stereocenters. The number of rotatable bonds is 6. The van der Waals surface area contributed by atoms with Crippen LogP contribution < -0.4 is 0 Å². The summed E-state index contributed by atoms with van der Waals surface area (Å²) in [7, 11) is 0. The lowest BCUT2D eigenvalue weighted by Gasteiger charge is -2.44. The first-order valence-electron chi connectivity index (χ1n) is 12.5. The summed E-state index contributed by atoms with van der Waals surface area (Å²) < 4.78 is 38.9. The Kier molecular flexibility index (Phi) is 7.92. The molecule has 33 heavy (non-hydrogen) atoms. The number of alkyl halides is 3. The van der Waals surface area contributed by atoms with Crippen LogP contribution in [0.4, 0.5) is 13.2 Å². The Balaban J connectivity index is 1.67. The quantitative estimate of drug-likeness (QED) is 0.430. The number of halogens is 3. The van der Waals surface area contributed by atoms with Crippen molar-refractivity contribution in [3.8, 4) is 0 Å². The number of fused-ring (bicyclic) bond motifs is 1. The van der Waals surface area contributed by atoms with Gasteiger partial charge in [-0.25, -0.2) is 0 Å². The molecule has 6 heteroatoms. The Morgan fingerprint density at radius 2 is 1.91 bits per heavy atom. The van der Waals surface area contributed by atoms with Crippen molar-refractivity contribution in [2.75, 3.05) is 0 Å². The summed E-state index contributed by atoms with van der Waals surface area (Å²) in [6.45, 7) is 9.39. The summed E-state index contributed by atoms with van der Waals surface area (Å²) in [5.74, 6) is 1.23. The van der Waals surface area contributed by atoms with E-state index >= 15 is 0 Å². The third-order valence-corrected chi connectivity index (χ3v) is 8.92. The maximum Gasteiger partial charge on any atom is 0.416 e. The lowest BCUT2D eigenvalue weighted by molar-refractivity contribution is -0.255. The summed E-state index contributed by atoms with van der Waals surface area (Å²) in [6.07, 6.45) is 5.49. The first kappa shape index (κ1) is 26.5. The fourth-order valence-electron chi connectivity index (χ4n) is 6.79.